The number of hydrogen-bond donors (Lipinski definition) is 1. The molecule has 2 heterocycles. The van der Waals surface area contributed by atoms with Crippen LogP contribution in [0.1, 0.15) is 12.1 Å². The Kier molecular flexibility index (Phi) is 3.23. The molecule has 4 heteroatoms. The third-order valence-corrected chi connectivity index (χ3v) is 3.30. The smallest absolute Gasteiger partial charge is 0.142 e. The molecule has 0 bridgehead atoms. The monoisotopic (exact) mass is 255 g/mol. The molecule has 3 rings (SSSR count). The van der Waals surface area contributed by atoms with Crippen molar-refractivity contribution in [3.05, 3.63) is 48.3 Å². The molecule has 0 fully saturated rings. The maximum atomic E-state index is 5.98. The molecule has 0 saturated carbocycles. The molecule has 98 valence electrons. The van der Waals surface area contributed by atoms with Crippen LogP contribution in [0.2, 0.25) is 0 Å². The molecule has 1 aliphatic rings. The number of nitrogen functional groups attached to an aromatic ring is 1. The average molecular weight is 255 g/mol. The summed E-state index contributed by atoms with van der Waals surface area (Å²) in [5.74, 6) is 0.939. The number of pyridine rings is 1. The molecule has 0 atom stereocenters. The maximum Gasteiger partial charge on any atom is 0.142 e. The normalized spacial score (nSPS) is 14.4. The number of hydrogen-bond acceptors (Lipinski definition) is 4. The predicted molar refractivity (Wildman–Crippen MR) is 76.3 cm³/mol. The topological polar surface area (TPSA) is 51.4 Å². The van der Waals surface area contributed by atoms with Crippen LogP contribution in [0.25, 0.3) is 0 Å². The quantitative estimate of drug-likeness (QED) is 0.895. The van der Waals surface area contributed by atoms with Gasteiger partial charge in [-0.3, -0.25) is 4.98 Å². The number of rotatable bonds is 2. The lowest BCUT2D eigenvalue weighted by molar-refractivity contribution is 0.322. The van der Waals surface area contributed by atoms with E-state index in [2.05, 4.69) is 16.0 Å². The molecule has 0 spiro atoms. The summed E-state index contributed by atoms with van der Waals surface area (Å²) in [6.07, 6.45) is 2.79. The highest BCUT2D eigenvalue weighted by atomic mass is 16.5. The van der Waals surface area contributed by atoms with Crippen LogP contribution in [-0.2, 0) is 6.54 Å². The van der Waals surface area contributed by atoms with Crippen molar-refractivity contribution in [2.24, 2.45) is 0 Å². The van der Waals surface area contributed by atoms with Gasteiger partial charge in [-0.25, -0.2) is 0 Å². The Morgan fingerprint density at radius 1 is 1.21 bits per heavy atom. The van der Waals surface area contributed by atoms with Crippen molar-refractivity contribution in [3.63, 3.8) is 0 Å². The van der Waals surface area contributed by atoms with Crippen LogP contribution >= 0.6 is 0 Å². The highest BCUT2D eigenvalue weighted by Gasteiger charge is 2.17. The zero-order valence-corrected chi connectivity index (χ0v) is 10.7. The fourth-order valence-corrected chi connectivity index (χ4v) is 2.33. The molecule has 2 N–H and O–H groups in total. The first-order valence-electron chi connectivity index (χ1n) is 6.51. The minimum absolute atomic E-state index is 0.715. The van der Waals surface area contributed by atoms with Crippen LogP contribution in [0.4, 0.5) is 11.4 Å². The van der Waals surface area contributed by atoms with E-state index in [0.29, 0.717) is 6.54 Å². The molecule has 4 nitrogen and oxygen atoms in total. The summed E-state index contributed by atoms with van der Waals surface area (Å²) in [6.45, 7) is 2.42. The van der Waals surface area contributed by atoms with Gasteiger partial charge in [-0.1, -0.05) is 12.1 Å². The van der Waals surface area contributed by atoms with Crippen molar-refractivity contribution in [2.45, 2.75) is 13.0 Å². The Hall–Kier alpha value is -2.23. The molecular formula is C15H17N3O. The van der Waals surface area contributed by atoms with E-state index in [1.54, 1.807) is 6.20 Å². The minimum Gasteiger partial charge on any atom is -0.491 e. The van der Waals surface area contributed by atoms with E-state index in [-0.39, 0.29) is 0 Å². The first-order valence-corrected chi connectivity index (χ1v) is 6.51. The number of nitrogens with two attached hydrogens (primary N) is 1. The van der Waals surface area contributed by atoms with Crippen LogP contribution in [-0.4, -0.2) is 18.1 Å². The van der Waals surface area contributed by atoms with Crippen LogP contribution in [0, 0.1) is 0 Å². The second-order valence-corrected chi connectivity index (χ2v) is 4.63. The van der Waals surface area contributed by atoms with Gasteiger partial charge in [-0.2, -0.15) is 0 Å². The van der Waals surface area contributed by atoms with Crippen molar-refractivity contribution < 1.29 is 4.74 Å². The second kappa shape index (κ2) is 5.18. The molecule has 0 saturated heterocycles. The zero-order chi connectivity index (χ0) is 13.1. The van der Waals surface area contributed by atoms with Crippen LogP contribution in [0.3, 0.4) is 0 Å². The molecule has 1 aromatic heterocycles. The number of para-hydroxylation sites is 2. The fourth-order valence-electron chi connectivity index (χ4n) is 2.33. The lowest BCUT2D eigenvalue weighted by atomic mass is 10.2. The first kappa shape index (κ1) is 11.8. The van der Waals surface area contributed by atoms with Crippen LogP contribution < -0.4 is 15.4 Å². The average Bonchev–Trinajstić information content (AvgIpc) is 2.64. The van der Waals surface area contributed by atoms with Gasteiger partial charge >= 0.3 is 0 Å². The van der Waals surface area contributed by atoms with Gasteiger partial charge in [0.05, 0.1) is 30.2 Å². The van der Waals surface area contributed by atoms with Crippen molar-refractivity contribution in [3.8, 4) is 5.75 Å². The summed E-state index contributed by atoms with van der Waals surface area (Å²) in [6, 6.07) is 11.9. The van der Waals surface area contributed by atoms with E-state index in [4.69, 9.17) is 10.5 Å². The van der Waals surface area contributed by atoms with Gasteiger partial charge < -0.3 is 15.4 Å². The van der Waals surface area contributed by atoms with E-state index in [1.165, 1.54) is 0 Å². The van der Waals surface area contributed by atoms with Crippen molar-refractivity contribution in [2.75, 3.05) is 23.8 Å². The van der Waals surface area contributed by atoms with E-state index < -0.39 is 0 Å². The Morgan fingerprint density at radius 2 is 2.11 bits per heavy atom. The molecule has 1 aromatic carbocycles. The highest BCUT2D eigenvalue weighted by Crippen LogP contribution is 2.31. The predicted octanol–water partition coefficient (Wildman–Crippen LogP) is 2.45. The Balaban J connectivity index is 1.91. The lowest BCUT2D eigenvalue weighted by Crippen LogP contribution is -2.24. The van der Waals surface area contributed by atoms with Gasteiger partial charge in [0.15, 0.2) is 0 Å². The van der Waals surface area contributed by atoms with Gasteiger partial charge in [-0.05, 0) is 30.7 Å². The highest BCUT2D eigenvalue weighted by molar-refractivity contribution is 5.59. The van der Waals surface area contributed by atoms with Crippen LogP contribution in [0.15, 0.2) is 42.6 Å². The third kappa shape index (κ3) is 2.47. The van der Waals surface area contributed by atoms with Crippen LogP contribution in [0.5, 0.6) is 5.75 Å². The van der Waals surface area contributed by atoms with Crippen molar-refractivity contribution >= 4 is 11.4 Å². The van der Waals surface area contributed by atoms with E-state index >= 15 is 0 Å². The minimum atomic E-state index is 0.715. The molecule has 1 aliphatic heterocycles. The fraction of sp³-hybridized carbons (Fsp3) is 0.267. The zero-order valence-electron chi connectivity index (χ0n) is 10.7. The molecule has 0 amide bonds. The Morgan fingerprint density at radius 3 is 3.00 bits per heavy atom. The lowest BCUT2D eigenvalue weighted by Gasteiger charge is -2.23. The summed E-state index contributed by atoms with van der Waals surface area (Å²) < 4.78 is 5.75. The SMILES string of the molecule is Nc1cccnc1CN1CCCOc2ccccc21. The number of nitrogens with zero attached hydrogens (tertiary/aromatic N) is 2. The third-order valence-electron chi connectivity index (χ3n) is 3.30. The van der Waals surface area contributed by atoms with Crippen molar-refractivity contribution in [1.82, 2.24) is 4.98 Å². The van der Waals surface area contributed by atoms with E-state index in [1.807, 2.05) is 30.3 Å². The van der Waals surface area contributed by atoms with Gasteiger partial charge in [-0.15, -0.1) is 0 Å². The van der Waals surface area contributed by atoms with Crippen molar-refractivity contribution in [1.29, 1.82) is 0 Å². The summed E-state index contributed by atoms with van der Waals surface area (Å²) in [5.41, 5.74) is 8.75. The largest absolute Gasteiger partial charge is 0.491 e. The number of benzene rings is 1. The number of aromatic nitrogens is 1. The summed E-state index contributed by atoms with van der Waals surface area (Å²) in [7, 11) is 0. The molecule has 0 aliphatic carbocycles. The number of anilines is 2. The Bertz CT molecular complexity index is 571. The van der Waals surface area contributed by atoms with Gasteiger partial charge in [0.25, 0.3) is 0 Å². The Labute approximate surface area is 112 Å². The molecule has 0 radical (unpaired) electrons. The summed E-state index contributed by atoms with van der Waals surface area (Å²) in [5, 5.41) is 0. The second-order valence-electron chi connectivity index (χ2n) is 4.63. The molecule has 19 heavy (non-hydrogen) atoms. The molecule has 2 aromatic rings. The summed E-state index contributed by atoms with van der Waals surface area (Å²) in [4.78, 5) is 6.65. The van der Waals surface area contributed by atoms with E-state index in [0.717, 1.165) is 42.4 Å². The maximum absolute atomic E-state index is 5.98. The molecule has 0 unspecified atom stereocenters. The van der Waals surface area contributed by atoms with Gasteiger partial charge in [0.2, 0.25) is 0 Å². The van der Waals surface area contributed by atoms with E-state index in [9.17, 15) is 0 Å². The molecular weight excluding hydrogens is 238 g/mol. The number of fused-ring (bicyclic) bond motifs is 1. The van der Waals surface area contributed by atoms with Gasteiger partial charge in [0.1, 0.15) is 5.75 Å². The summed E-state index contributed by atoms with van der Waals surface area (Å²) >= 11 is 0. The number of ether oxygens (including phenoxy) is 1. The van der Waals surface area contributed by atoms with Gasteiger partial charge in [0, 0.05) is 12.7 Å². The first-order chi connectivity index (χ1) is 9.34. The standard InChI is InChI=1S/C15H17N3O/c16-12-5-3-8-17-13(12)11-18-9-4-10-19-15-7-2-1-6-14(15)18/h1-3,5-8H,4,9-11,16H2.